The molecule has 2 heterocycles. The van der Waals surface area contributed by atoms with Crippen molar-refractivity contribution in [3.05, 3.63) is 32.6 Å². The molecule has 0 aliphatic carbocycles. The van der Waals surface area contributed by atoms with E-state index in [1.54, 1.807) is 20.8 Å². The maximum absolute atomic E-state index is 14.9. The van der Waals surface area contributed by atoms with Crippen LogP contribution in [0.4, 0.5) is 4.39 Å². The highest BCUT2D eigenvalue weighted by Gasteiger charge is 2.40. The molecule has 0 bridgehead atoms. The summed E-state index contributed by atoms with van der Waals surface area (Å²) in [5, 5.41) is 0.413. The summed E-state index contributed by atoms with van der Waals surface area (Å²) in [4.78, 5) is 31.6. The van der Waals surface area contributed by atoms with Crippen molar-refractivity contribution in [1.29, 1.82) is 0 Å². The Bertz CT molecular complexity index is 1150. The molecular weight excluding hydrogens is 658 g/mol. The number of unbranched alkanes of at least 4 members (excludes halogenated alkanes) is 13. The highest BCUT2D eigenvalue weighted by atomic mass is 32.2. The SMILES string of the molecule is CCCCCCCCCCCCSC(CCCCCCC)CCOOP(=O)(OC[C@H]1O[C@@H](n2cc(C)c(=O)[nH]c2=O)C[C@@H]1F)OC(C)C. The summed E-state index contributed by atoms with van der Waals surface area (Å²) in [6.45, 7) is 9.18. The zero-order valence-electron chi connectivity index (χ0n) is 30.3. The number of aryl methyl sites for hydroxylation is 1. The first-order valence-electron chi connectivity index (χ1n) is 18.6. The van der Waals surface area contributed by atoms with Crippen molar-refractivity contribution < 1.29 is 32.3 Å². The normalized spacial score (nSPS) is 20.0. The molecule has 1 aromatic rings. The molecule has 48 heavy (non-hydrogen) atoms. The highest BCUT2D eigenvalue weighted by molar-refractivity contribution is 7.99. The van der Waals surface area contributed by atoms with E-state index >= 15 is 0 Å². The maximum atomic E-state index is 14.9. The van der Waals surface area contributed by atoms with Gasteiger partial charge in [-0.3, -0.25) is 23.4 Å². The fourth-order valence-corrected chi connectivity index (χ4v) is 8.20. The van der Waals surface area contributed by atoms with Crippen LogP contribution >= 0.6 is 19.6 Å². The number of nitrogens with one attached hydrogen (secondary N) is 1. The predicted octanol–water partition coefficient (Wildman–Crippen LogP) is 9.74. The van der Waals surface area contributed by atoms with E-state index in [2.05, 4.69) is 18.8 Å². The molecule has 13 heteroatoms. The van der Waals surface area contributed by atoms with Crippen molar-refractivity contribution in [3.8, 4) is 0 Å². The minimum absolute atomic E-state index is 0.136. The number of hydrogen-bond donors (Lipinski definition) is 1. The van der Waals surface area contributed by atoms with Crippen LogP contribution in [0.3, 0.4) is 0 Å². The molecule has 0 radical (unpaired) electrons. The molecule has 1 N–H and O–H groups in total. The average molecular weight is 723 g/mol. The number of aromatic amines is 1. The Morgan fingerprint density at radius 3 is 2.19 bits per heavy atom. The molecule has 10 nitrogen and oxygen atoms in total. The van der Waals surface area contributed by atoms with Crippen LogP contribution in [0.25, 0.3) is 0 Å². The highest BCUT2D eigenvalue weighted by Crippen LogP contribution is 2.51. The zero-order chi connectivity index (χ0) is 35.2. The molecule has 1 aliphatic heterocycles. The Morgan fingerprint density at radius 2 is 1.56 bits per heavy atom. The lowest BCUT2D eigenvalue weighted by molar-refractivity contribution is -0.230. The molecule has 0 saturated carbocycles. The van der Waals surface area contributed by atoms with Crippen molar-refractivity contribution >= 4 is 19.6 Å². The Balaban J connectivity index is 1.80. The van der Waals surface area contributed by atoms with E-state index in [0.717, 1.165) is 23.2 Å². The minimum atomic E-state index is -4.20. The summed E-state index contributed by atoms with van der Waals surface area (Å²) in [7, 11) is -4.20. The number of thioether (sulfide) groups is 1. The lowest BCUT2D eigenvalue weighted by Gasteiger charge is -2.22. The number of ether oxygens (including phenoxy) is 1. The summed E-state index contributed by atoms with van der Waals surface area (Å²) in [5.41, 5.74) is -0.915. The van der Waals surface area contributed by atoms with Gasteiger partial charge in [0.15, 0.2) is 0 Å². The van der Waals surface area contributed by atoms with Gasteiger partial charge in [-0.25, -0.2) is 18.6 Å². The van der Waals surface area contributed by atoms with Gasteiger partial charge in [-0.1, -0.05) is 104 Å². The van der Waals surface area contributed by atoms with Crippen LogP contribution in [-0.2, 0) is 27.9 Å². The van der Waals surface area contributed by atoms with Gasteiger partial charge in [-0.15, -0.1) is 4.67 Å². The number of phosphoric ester groups is 1. The van der Waals surface area contributed by atoms with Crippen molar-refractivity contribution in [1.82, 2.24) is 9.55 Å². The smallest absolute Gasteiger partial charge is 0.349 e. The second-order valence-electron chi connectivity index (χ2n) is 13.3. The number of alkyl halides is 1. The maximum Gasteiger partial charge on any atom is 0.502 e. The molecule has 0 aromatic carbocycles. The Hall–Kier alpha value is -1.01. The number of nitrogens with zero attached hydrogens (tertiary/aromatic N) is 1. The second-order valence-corrected chi connectivity index (χ2v) is 16.2. The zero-order valence-corrected chi connectivity index (χ0v) is 32.0. The molecule has 1 fully saturated rings. The van der Waals surface area contributed by atoms with E-state index in [0.29, 0.717) is 10.8 Å². The minimum Gasteiger partial charge on any atom is -0.349 e. The van der Waals surface area contributed by atoms with Gasteiger partial charge < -0.3 is 4.74 Å². The van der Waals surface area contributed by atoms with E-state index in [-0.39, 0.29) is 13.0 Å². The quantitative estimate of drug-likeness (QED) is 0.0373. The van der Waals surface area contributed by atoms with Crippen LogP contribution in [0, 0.1) is 6.92 Å². The Morgan fingerprint density at radius 1 is 0.958 bits per heavy atom. The monoisotopic (exact) mass is 722 g/mol. The van der Waals surface area contributed by atoms with Gasteiger partial charge in [-0.05, 0) is 45.8 Å². The van der Waals surface area contributed by atoms with Crippen molar-refractivity contribution in [2.45, 2.75) is 180 Å². The summed E-state index contributed by atoms with van der Waals surface area (Å²) in [5.74, 6) is 1.12. The summed E-state index contributed by atoms with van der Waals surface area (Å²) in [6, 6.07) is 0. The summed E-state index contributed by atoms with van der Waals surface area (Å²) in [6.07, 6.45) is 18.3. The number of H-pyrrole nitrogens is 1. The first kappa shape index (κ1) is 43.2. The second kappa shape index (κ2) is 25.0. The summed E-state index contributed by atoms with van der Waals surface area (Å²) < 4.78 is 51.3. The van der Waals surface area contributed by atoms with Gasteiger partial charge in [0.1, 0.15) is 18.5 Å². The third kappa shape index (κ3) is 17.8. The van der Waals surface area contributed by atoms with Crippen LogP contribution in [-0.4, -0.2) is 52.1 Å². The standard InChI is InChI=1S/C35H64FN2O8PS/c1-6-8-10-12-13-14-15-16-18-20-24-48-30(21-19-17-11-9-7-2)22-23-42-46-47(41,45-28(3)4)43-27-32-31(36)25-33(44-32)38-26-29(5)34(39)37-35(38)40/h26,28,30-33H,6-25,27H2,1-5H3,(H,37,39,40)/t30?,31-,32+,33+,47?/m0/s1. The lowest BCUT2D eigenvalue weighted by atomic mass is 10.1. The van der Waals surface area contributed by atoms with Crippen molar-refractivity contribution in [2.75, 3.05) is 19.0 Å². The topological polar surface area (TPSA) is 118 Å². The van der Waals surface area contributed by atoms with Gasteiger partial charge in [0.05, 0.1) is 19.3 Å². The largest absolute Gasteiger partial charge is 0.502 e. The molecule has 5 atom stereocenters. The number of phosphoric acid groups is 1. The lowest BCUT2D eigenvalue weighted by Crippen LogP contribution is -2.33. The molecule has 1 saturated heterocycles. The van der Waals surface area contributed by atoms with E-state index in [9.17, 15) is 18.5 Å². The number of aromatic nitrogens is 2. The predicted molar refractivity (Wildman–Crippen MR) is 192 cm³/mol. The first-order chi connectivity index (χ1) is 23.1. The first-order valence-corrected chi connectivity index (χ1v) is 21.1. The van der Waals surface area contributed by atoms with Crippen LogP contribution in [0.1, 0.15) is 155 Å². The van der Waals surface area contributed by atoms with Gasteiger partial charge in [0.25, 0.3) is 5.56 Å². The molecule has 1 aromatic heterocycles. The molecular formula is C35H64FN2O8PS. The fraction of sp³-hybridized carbons (Fsp3) is 0.886. The third-order valence-electron chi connectivity index (χ3n) is 8.50. The van der Waals surface area contributed by atoms with Gasteiger partial charge >= 0.3 is 13.5 Å². The number of rotatable bonds is 29. The average Bonchev–Trinajstić information content (AvgIpc) is 3.41. The summed E-state index contributed by atoms with van der Waals surface area (Å²) >= 11 is 1.99. The van der Waals surface area contributed by atoms with E-state index in [1.807, 2.05) is 11.8 Å². The third-order valence-corrected chi connectivity index (χ3v) is 11.4. The Kier molecular flexibility index (Phi) is 22.5. The van der Waals surface area contributed by atoms with E-state index in [1.165, 1.54) is 103 Å². The number of halogens is 1. The van der Waals surface area contributed by atoms with Crippen molar-refractivity contribution in [3.63, 3.8) is 0 Å². The van der Waals surface area contributed by atoms with Gasteiger partial charge in [0, 0.05) is 23.4 Å². The van der Waals surface area contributed by atoms with E-state index < -0.39 is 50.3 Å². The van der Waals surface area contributed by atoms with Crippen LogP contribution in [0.15, 0.2) is 15.8 Å². The van der Waals surface area contributed by atoms with E-state index in [4.69, 9.17) is 23.3 Å². The van der Waals surface area contributed by atoms with Crippen LogP contribution in [0.2, 0.25) is 0 Å². The Labute approximate surface area is 292 Å². The van der Waals surface area contributed by atoms with Crippen molar-refractivity contribution in [2.24, 2.45) is 0 Å². The van der Waals surface area contributed by atoms with Crippen LogP contribution < -0.4 is 11.2 Å². The fourth-order valence-electron chi connectivity index (χ4n) is 5.71. The molecule has 280 valence electrons. The molecule has 0 amide bonds. The molecule has 1 aliphatic rings. The molecule has 2 rings (SSSR count). The molecule has 2 unspecified atom stereocenters. The van der Waals surface area contributed by atoms with Crippen LogP contribution in [0.5, 0.6) is 0 Å². The number of hydrogen-bond acceptors (Lipinski definition) is 9. The van der Waals surface area contributed by atoms with Gasteiger partial charge in [0.2, 0.25) is 0 Å². The molecule has 0 spiro atoms. The van der Waals surface area contributed by atoms with Gasteiger partial charge in [-0.2, -0.15) is 11.8 Å².